The van der Waals surface area contributed by atoms with E-state index in [2.05, 4.69) is 0 Å². The van der Waals surface area contributed by atoms with Crippen LogP contribution in [0.2, 0.25) is 0 Å². The molecule has 0 unspecified atom stereocenters. The highest BCUT2D eigenvalue weighted by molar-refractivity contribution is 5.96. The van der Waals surface area contributed by atoms with Crippen LogP contribution in [0.25, 0.3) is 6.08 Å². The number of nitrogens with one attached hydrogen (secondary N) is 1. The number of halogens is 3. The zero-order valence-corrected chi connectivity index (χ0v) is 14.3. The summed E-state index contributed by atoms with van der Waals surface area (Å²) in [7, 11) is 0. The molecule has 0 saturated heterocycles. The zero-order chi connectivity index (χ0) is 20.8. The number of nitro benzene ring substituents is 1. The number of nitrogens with zero attached hydrogens (tertiary/aromatic N) is 1. The van der Waals surface area contributed by atoms with E-state index < -0.39 is 46.0 Å². The molecule has 0 saturated carbocycles. The van der Waals surface area contributed by atoms with E-state index in [-0.39, 0.29) is 5.69 Å². The molecule has 28 heavy (non-hydrogen) atoms. The summed E-state index contributed by atoms with van der Waals surface area (Å²) in [5.74, 6) is -6.66. The molecule has 0 aliphatic carbocycles. The summed E-state index contributed by atoms with van der Waals surface area (Å²) in [6.45, 7) is 1.19. The van der Waals surface area contributed by atoms with E-state index in [9.17, 15) is 32.9 Å². The van der Waals surface area contributed by atoms with Gasteiger partial charge in [0.2, 0.25) is 0 Å². The van der Waals surface area contributed by atoms with Gasteiger partial charge in [-0.2, -0.15) is 0 Å². The fourth-order valence-electron chi connectivity index (χ4n) is 2.03. The van der Waals surface area contributed by atoms with E-state index in [4.69, 9.17) is 4.74 Å². The SMILES string of the molecule is C[C@@H](OC(=O)/C=C/c1cccc([N+](=O)[O-])c1)C(=O)Nc1ccc(F)c(F)c1F. The summed E-state index contributed by atoms with van der Waals surface area (Å²) in [4.78, 5) is 33.8. The van der Waals surface area contributed by atoms with Gasteiger partial charge < -0.3 is 10.1 Å². The fraction of sp³-hybridized carbons (Fsp3) is 0.111. The molecule has 1 amide bonds. The molecule has 0 bridgehead atoms. The molecule has 0 aliphatic heterocycles. The molecule has 2 aromatic rings. The number of carbonyl (C=O) groups is 2. The quantitative estimate of drug-likeness (QED) is 0.265. The molecule has 7 nitrogen and oxygen atoms in total. The van der Waals surface area contributed by atoms with Crippen molar-refractivity contribution in [3.63, 3.8) is 0 Å². The molecule has 1 atom stereocenters. The van der Waals surface area contributed by atoms with E-state index in [0.717, 1.165) is 12.1 Å². The number of anilines is 1. The Balaban J connectivity index is 1.98. The number of nitro groups is 1. The number of rotatable bonds is 6. The second kappa shape index (κ2) is 8.80. The molecule has 0 fully saturated rings. The van der Waals surface area contributed by atoms with E-state index in [1.54, 1.807) is 0 Å². The van der Waals surface area contributed by atoms with Crippen LogP contribution >= 0.6 is 0 Å². The van der Waals surface area contributed by atoms with Crippen LogP contribution in [0, 0.1) is 27.6 Å². The Labute approximate surface area is 156 Å². The van der Waals surface area contributed by atoms with Gasteiger partial charge in [0, 0.05) is 18.2 Å². The standard InChI is InChI=1S/C18H13F3N2O5/c1-10(18(25)22-14-7-6-13(19)16(20)17(14)21)28-15(24)8-5-11-3-2-4-12(9-11)23(26)27/h2-10H,1H3,(H,22,25)/b8-5+/t10-/m1/s1. The summed E-state index contributed by atoms with van der Waals surface area (Å²) in [5, 5.41) is 12.7. The Morgan fingerprint density at radius 2 is 1.89 bits per heavy atom. The van der Waals surface area contributed by atoms with Crippen molar-refractivity contribution in [2.24, 2.45) is 0 Å². The van der Waals surface area contributed by atoms with Crippen LogP contribution < -0.4 is 5.32 Å². The maximum atomic E-state index is 13.6. The Bertz CT molecular complexity index is 962. The van der Waals surface area contributed by atoms with Crippen LogP contribution in [-0.4, -0.2) is 22.9 Å². The van der Waals surface area contributed by atoms with E-state index >= 15 is 0 Å². The lowest BCUT2D eigenvalue weighted by Gasteiger charge is -2.13. The van der Waals surface area contributed by atoms with E-state index in [1.165, 1.54) is 37.3 Å². The maximum Gasteiger partial charge on any atom is 0.331 e. The third-order valence-corrected chi connectivity index (χ3v) is 3.45. The van der Waals surface area contributed by atoms with Crippen LogP contribution in [0.1, 0.15) is 12.5 Å². The minimum absolute atomic E-state index is 0.170. The summed E-state index contributed by atoms with van der Waals surface area (Å²) in [6.07, 6.45) is 0.811. The van der Waals surface area contributed by atoms with Gasteiger partial charge in [-0.3, -0.25) is 14.9 Å². The third-order valence-electron chi connectivity index (χ3n) is 3.45. The highest BCUT2D eigenvalue weighted by Crippen LogP contribution is 2.20. The average Bonchev–Trinajstić information content (AvgIpc) is 2.66. The van der Waals surface area contributed by atoms with Crippen molar-refractivity contribution in [3.05, 3.63) is 75.6 Å². The van der Waals surface area contributed by atoms with Crippen LogP contribution in [0.3, 0.4) is 0 Å². The largest absolute Gasteiger partial charge is 0.449 e. The number of amides is 1. The molecule has 0 aromatic heterocycles. The lowest BCUT2D eigenvalue weighted by Crippen LogP contribution is -2.29. The van der Waals surface area contributed by atoms with Gasteiger partial charge in [-0.25, -0.2) is 18.0 Å². The van der Waals surface area contributed by atoms with Crippen molar-refractivity contribution < 1.29 is 32.4 Å². The number of hydrogen-bond donors (Lipinski definition) is 1. The van der Waals surface area contributed by atoms with Gasteiger partial charge in [0.05, 0.1) is 10.6 Å². The zero-order valence-electron chi connectivity index (χ0n) is 14.3. The molecule has 0 aliphatic rings. The average molecular weight is 394 g/mol. The first-order valence-corrected chi connectivity index (χ1v) is 7.76. The van der Waals surface area contributed by atoms with Crippen molar-refractivity contribution in [2.45, 2.75) is 13.0 Å². The number of non-ortho nitro benzene ring substituents is 1. The summed E-state index contributed by atoms with van der Waals surface area (Å²) in [5.41, 5.74) is -0.428. The summed E-state index contributed by atoms with van der Waals surface area (Å²) in [6, 6.07) is 6.90. The van der Waals surface area contributed by atoms with Gasteiger partial charge in [-0.15, -0.1) is 0 Å². The van der Waals surface area contributed by atoms with Crippen molar-refractivity contribution in [3.8, 4) is 0 Å². The number of carbonyl (C=O) groups excluding carboxylic acids is 2. The second-order valence-electron chi connectivity index (χ2n) is 5.48. The normalized spacial score (nSPS) is 11.9. The van der Waals surface area contributed by atoms with Crippen molar-refractivity contribution in [1.82, 2.24) is 0 Å². The fourth-order valence-corrected chi connectivity index (χ4v) is 2.03. The van der Waals surface area contributed by atoms with Crippen LogP contribution in [0.5, 0.6) is 0 Å². The molecule has 1 N–H and O–H groups in total. The van der Waals surface area contributed by atoms with E-state index in [0.29, 0.717) is 11.6 Å². The molecule has 10 heteroatoms. The molecule has 2 rings (SSSR count). The van der Waals surface area contributed by atoms with Crippen LogP contribution in [0.4, 0.5) is 24.5 Å². The van der Waals surface area contributed by atoms with E-state index in [1.807, 2.05) is 5.32 Å². The first-order valence-electron chi connectivity index (χ1n) is 7.76. The molecule has 0 radical (unpaired) electrons. The first-order chi connectivity index (χ1) is 13.2. The van der Waals surface area contributed by atoms with Crippen LogP contribution in [-0.2, 0) is 14.3 Å². The minimum Gasteiger partial charge on any atom is -0.449 e. The Hall–Kier alpha value is -3.69. The number of hydrogen-bond acceptors (Lipinski definition) is 5. The Morgan fingerprint density at radius 1 is 1.18 bits per heavy atom. The second-order valence-corrected chi connectivity index (χ2v) is 5.48. The third kappa shape index (κ3) is 5.16. The number of ether oxygens (including phenoxy) is 1. The molecule has 0 heterocycles. The smallest absolute Gasteiger partial charge is 0.331 e. The van der Waals surface area contributed by atoms with Gasteiger partial charge in [0.1, 0.15) is 0 Å². The number of benzene rings is 2. The first kappa shape index (κ1) is 20.6. The van der Waals surface area contributed by atoms with Gasteiger partial charge in [-0.05, 0) is 30.7 Å². The predicted octanol–water partition coefficient (Wildman–Crippen LogP) is 3.60. The Kier molecular flexibility index (Phi) is 6.48. The van der Waals surface area contributed by atoms with Crippen LogP contribution in [0.15, 0.2) is 42.5 Å². The lowest BCUT2D eigenvalue weighted by atomic mass is 10.2. The molecule has 0 spiro atoms. The highest BCUT2D eigenvalue weighted by Gasteiger charge is 2.20. The monoisotopic (exact) mass is 394 g/mol. The molecular formula is C18H13F3N2O5. The predicted molar refractivity (Wildman–Crippen MR) is 92.6 cm³/mol. The molecule has 2 aromatic carbocycles. The summed E-state index contributed by atoms with van der Waals surface area (Å²) < 4.78 is 44.4. The summed E-state index contributed by atoms with van der Waals surface area (Å²) >= 11 is 0. The maximum absolute atomic E-state index is 13.6. The van der Waals surface area contributed by atoms with Crippen molar-refractivity contribution in [2.75, 3.05) is 5.32 Å². The van der Waals surface area contributed by atoms with Gasteiger partial charge in [0.25, 0.3) is 11.6 Å². The lowest BCUT2D eigenvalue weighted by molar-refractivity contribution is -0.384. The molecule has 146 valence electrons. The van der Waals surface area contributed by atoms with Gasteiger partial charge >= 0.3 is 5.97 Å². The van der Waals surface area contributed by atoms with Crippen molar-refractivity contribution >= 4 is 29.3 Å². The number of esters is 1. The molecular weight excluding hydrogens is 381 g/mol. The minimum atomic E-state index is -1.75. The Morgan fingerprint density at radius 3 is 2.57 bits per heavy atom. The van der Waals surface area contributed by atoms with Crippen molar-refractivity contribution in [1.29, 1.82) is 0 Å². The van der Waals surface area contributed by atoms with Gasteiger partial charge in [0.15, 0.2) is 23.6 Å². The topological polar surface area (TPSA) is 98.5 Å². The van der Waals surface area contributed by atoms with Gasteiger partial charge in [-0.1, -0.05) is 12.1 Å². The highest BCUT2D eigenvalue weighted by atomic mass is 19.2.